The first kappa shape index (κ1) is 7.63. The normalized spacial score (nSPS) is 8.75. The summed E-state index contributed by atoms with van der Waals surface area (Å²) < 4.78 is 0. The summed E-state index contributed by atoms with van der Waals surface area (Å²) >= 11 is 5.17. The lowest BCUT2D eigenvalue weighted by molar-refractivity contribution is -0.135. The Morgan fingerprint density at radius 3 is 2.12 bits per heavy atom. The topological polar surface area (TPSA) is 34.1 Å². The van der Waals surface area contributed by atoms with E-state index in [1.807, 2.05) is 0 Å². The van der Waals surface area contributed by atoms with Gasteiger partial charge in [-0.3, -0.25) is 9.59 Å². The molecule has 8 heavy (non-hydrogen) atoms. The van der Waals surface area contributed by atoms with Gasteiger partial charge in [-0.05, 0) is 0 Å². The van der Waals surface area contributed by atoms with Gasteiger partial charge in [0.1, 0.15) is 0 Å². The predicted octanol–water partition coefficient (Wildman–Crippen LogP) is 0.773. The minimum atomic E-state index is -0.411. The van der Waals surface area contributed by atoms with Crippen LogP contribution in [0.2, 0.25) is 0 Å². The lowest BCUT2D eigenvalue weighted by Gasteiger charge is -1.85. The fourth-order valence-corrected chi connectivity index (χ4v) is 0.433. The van der Waals surface area contributed by atoms with E-state index in [0.717, 1.165) is 0 Å². The molecule has 0 amide bonds. The van der Waals surface area contributed by atoms with E-state index in [0.29, 0.717) is 0 Å². The zero-order valence-corrected chi connectivity index (χ0v) is 5.36. The highest BCUT2D eigenvalue weighted by Gasteiger charge is 2.04. The van der Waals surface area contributed by atoms with Crippen molar-refractivity contribution in [1.82, 2.24) is 0 Å². The summed E-state index contributed by atoms with van der Waals surface area (Å²) in [6, 6.07) is 0. The highest BCUT2D eigenvalue weighted by Crippen LogP contribution is 1.86. The van der Waals surface area contributed by atoms with Crippen molar-refractivity contribution in [2.45, 2.75) is 13.3 Å². The van der Waals surface area contributed by atoms with Crippen molar-refractivity contribution in [2.75, 3.05) is 5.88 Å². The molecular weight excluding hydrogens is 128 g/mol. The molecule has 0 radical (unpaired) electrons. The lowest BCUT2D eigenvalue weighted by Crippen LogP contribution is -2.08. The van der Waals surface area contributed by atoms with Crippen LogP contribution in [0.15, 0.2) is 0 Å². The Bertz CT molecular complexity index is 109. The molecule has 0 saturated heterocycles. The van der Waals surface area contributed by atoms with Crippen LogP contribution in [0.1, 0.15) is 13.3 Å². The minimum absolute atomic E-state index is 0.164. The van der Waals surface area contributed by atoms with E-state index in [9.17, 15) is 9.59 Å². The fraction of sp³-hybridized carbons (Fsp3) is 0.600. The van der Waals surface area contributed by atoms with Gasteiger partial charge >= 0.3 is 0 Å². The maximum absolute atomic E-state index is 10.3. The van der Waals surface area contributed by atoms with Crippen molar-refractivity contribution in [3.8, 4) is 0 Å². The molecular formula is C5H7ClO2. The van der Waals surface area contributed by atoms with E-state index < -0.39 is 5.78 Å². The maximum Gasteiger partial charge on any atom is 0.199 e. The summed E-state index contributed by atoms with van der Waals surface area (Å²) in [5.41, 5.74) is 0. The zero-order valence-electron chi connectivity index (χ0n) is 4.61. The molecule has 0 unspecified atom stereocenters. The molecule has 3 heteroatoms. The molecule has 0 aliphatic heterocycles. The summed E-state index contributed by atoms with van der Waals surface area (Å²) in [6.07, 6.45) is 0.164. The molecule has 0 aliphatic carbocycles. The largest absolute Gasteiger partial charge is 0.291 e. The molecule has 0 aromatic rings. The molecule has 0 rings (SSSR count). The third-order valence-corrected chi connectivity index (χ3v) is 0.903. The Morgan fingerprint density at radius 2 is 2.00 bits per heavy atom. The molecule has 0 saturated carbocycles. The smallest absolute Gasteiger partial charge is 0.199 e. The first-order chi connectivity index (χ1) is 3.68. The van der Waals surface area contributed by atoms with Crippen LogP contribution < -0.4 is 0 Å². The molecule has 2 nitrogen and oxygen atoms in total. The minimum Gasteiger partial charge on any atom is -0.291 e. The SMILES string of the molecule is CC(=O)C(=O)CCCl. The summed E-state index contributed by atoms with van der Waals surface area (Å²) in [7, 11) is 0. The van der Waals surface area contributed by atoms with Crippen molar-refractivity contribution >= 4 is 23.2 Å². The summed E-state index contributed by atoms with van der Waals surface area (Å²) in [5.74, 6) is -0.566. The average molecular weight is 135 g/mol. The van der Waals surface area contributed by atoms with Gasteiger partial charge in [0.15, 0.2) is 11.6 Å². The Morgan fingerprint density at radius 1 is 1.50 bits per heavy atom. The van der Waals surface area contributed by atoms with Gasteiger partial charge in [-0.25, -0.2) is 0 Å². The third-order valence-electron chi connectivity index (χ3n) is 0.714. The Balaban J connectivity index is 3.49. The van der Waals surface area contributed by atoms with Gasteiger partial charge in [0.05, 0.1) is 0 Å². The van der Waals surface area contributed by atoms with Crippen molar-refractivity contribution in [2.24, 2.45) is 0 Å². The first-order valence-corrected chi connectivity index (χ1v) is 2.81. The molecule has 0 heterocycles. The number of halogens is 1. The van der Waals surface area contributed by atoms with Crippen molar-refractivity contribution < 1.29 is 9.59 Å². The summed E-state index contributed by atoms with van der Waals surface area (Å²) in [4.78, 5) is 20.4. The van der Waals surface area contributed by atoms with Crippen LogP contribution in [0, 0.1) is 0 Å². The van der Waals surface area contributed by atoms with E-state index in [1.54, 1.807) is 0 Å². The molecule has 0 fully saturated rings. The number of rotatable bonds is 3. The number of carbonyl (C=O) groups is 2. The van der Waals surface area contributed by atoms with Crippen molar-refractivity contribution in [3.63, 3.8) is 0 Å². The molecule has 46 valence electrons. The van der Waals surface area contributed by atoms with Crippen molar-refractivity contribution in [1.29, 1.82) is 0 Å². The second-order valence-electron chi connectivity index (χ2n) is 1.42. The second-order valence-corrected chi connectivity index (χ2v) is 1.80. The predicted molar refractivity (Wildman–Crippen MR) is 31.0 cm³/mol. The number of hydrogen-bond acceptors (Lipinski definition) is 2. The highest BCUT2D eigenvalue weighted by atomic mass is 35.5. The van der Waals surface area contributed by atoms with Gasteiger partial charge in [-0.1, -0.05) is 0 Å². The molecule has 0 atom stereocenters. The second kappa shape index (κ2) is 3.61. The molecule has 0 N–H and O–H groups in total. The van der Waals surface area contributed by atoms with Crippen LogP contribution in [0.5, 0.6) is 0 Å². The number of ketones is 2. The van der Waals surface area contributed by atoms with E-state index in [2.05, 4.69) is 0 Å². The van der Waals surface area contributed by atoms with Crippen LogP contribution in [0.25, 0.3) is 0 Å². The third kappa shape index (κ3) is 2.75. The Labute approximate surface area is 52.8 Å². The molecule has 0 aliphatic rings. The van der Waals surface area contributed by atoms with E-state index >= 15 is 0 Å². The van der Waals surface area contributed by atoms with Gasteiger partial charge in [-0.2, -0.15) is 0 Å². The van der Waals surface area contributed by atoms with Gasteiger partial charge in [-0.15, -0.1) is 11.6 Å². The molecule has 0 aromatic heterocycles. The van der Waals surface area contributed by atoms with E-state index in [4.69, 9.17) is 11.6 Å². The van der Waals surface area contributed by atoms with Gasteiger partial charge in [0.25, 0.3) is 0 Å². The standard InChI is InChI=1S/C5H7ClO2/c1-4(7)5(8)2-3-6/h2-3H2,1H3. The summed E-state index contributed by atoms with van der Waals surface area (Å²) in [6.45, 7) is 1.24. The van der Waals surface area contributed by atoms with Crippen LogP contribution in [0.4, 0.5) is 0 Å². The molecule has 0 aromatic carbocycles. The zero-order chi connectivity index (χ0) is 6.57. The maximum atomic E-state index is 10.3. The van der Waals surface area contributed by atoms with Gasteiger partial charge in [0.2, 0.25) is 0 Å². The van der Waals surface area contributed by atoms with Crippen LogP contribution in [0.3, 0.4) is 0 Å². The van der Waals surface area contributed by atoms with Gasteiger partial charge < -0.3 is 0 Å². The van der Waals surface area contributed by atoms with Crippen LogP contribution in [-0.2, 0) is 9.59 Å². The van der Waals surface area contributed by atoms with Crippen LogP contribution >= 0.6 is 11.6 Å². The lowest BCUT2D eigenvalue weighted by atomic mass is 10.2. The quantitative estimate of drug-likeness (QED) is 0.422. The molecule has 0 bridgehead atoms. The Hall–Kier alpha value is -0.370. The van der Waals surface area contributed by atoms with Gasteiger partial charge in [0, 0.05) is 19.2 Å². The number of alkyl halides is 1. The van der Waals surface area contributed by atoms with E-state index in [1.165, 1.54) is 6.92 Å². The fourth-order valence-electron chi connectivity index (χ4n) is 0.262. The van der Waals surface area contributed by atoms with Crippen LogP contribution in [-0.4, -0.2) is 17.4 Å². The number of hydrogen-bond donors (Lipinski definition) is 0. The number of Topliss-reactive ketones (excluding diaryl/α,β-unsaturated/α-hetero) is 2. The first-order valence-electron chi connectivity index (χ1n) is 2.28. The summed E-state index contributed by atoms with van der Waals surface area (Å²) in [5, 5.41) is 0. The average Bonchev–Trinajstić information content (AvgIpc) is 1.67. The Kier molecular flexibility index (Phi) is 3.44. The van der Waals surface area contributed by atoms with E-state index in [-0.39, 0.29) is 18.1 Å². The molecule has 0 spiro atoms. The highest BCUT2D eigenvalue weighted by molar-refractivity contribution is 6.37. The monoisotopic (exact) mass is 134 g/mol. The number of carbonyl (C=O) groups excluding carboxylic acids is 2. The van der Waals surface area contributed by atoms with Crippen molar-refractivity contribution in [3.05, 3.63) is 0 Å².